The van der Waals surface area contributed by atoms with E-state index in [-0.39, 0.29) is 6.10 Å². The molecule has 2 unspecified atom stereocenters. The van der Waals surface area contributed by atoms with E-state index in [1.165, 1.54) is 12.1 Å². The molecule has 2 N–H and O–H groups in total. The van der Waals surface area contributed by atoms with Crippen LogP contribution < -0.4 is 15.4 Å². The minimum atomic E-state index is 0.197. The molecular formula is C16H24N2O2. The summed E-state index contributed by atoms with van der Waals surface area (Å²) in [4.78, 5) is 2.36. The first-order valence-electron chi connectivity index (χ1n) is 7.66. The van der Waals surface area contributed by atoms with Crippen LogP contribution in [0.15, 0.2) is 24.3 Å². The summed E-state index contributed by atoms with van der Waals surface area (Å²) in [6.07, 6.45) is 4.67. The molecule has 4 heteroatoms. The van der Waals surface area contributed by atoms with Crippen molar-refractivity contribution in [1.29, 1.82) is 0 Å². The Hall–Kier alpha value is -1.26. The third-order valence-electron chi connectivity index (χ3n) is 4.06. The lowest BCUT2D eigenvalue weighted by atomic mass is 10.1. The lowest BCUT2D eigenvalue weighted by Crippen LogP contribution is -2.42. The van der Waals surface area contributed by atoms with Crippen LogP contribution in [0.3, 0.4) is 0 Å². The Morgan fingerprint density at radius 1 is 1.25 bits per heavy atom. The summed E-state index contributed by atoms with van der Waals surface area (Å²) in [5.41, 5.74) is 7.28. The fourth-order valence-electron chi connectivity index (χ4n) is 2.99. The second-order valence-electron chi connectivity index (χ2n) is 5.80. The predicted octanol–water partition coefficient (Wildman–Crippen LogP) is 2.17. The first kappa shape index (κ1) is 13.7. The number of nitrogens with zero attached hydrogens (tertiary/aromatic N) is 1. The Balaban J connectivity index is 1.65. The number of piperidine rings is 1. The maximum absolute atomic E-state index is 6.06. The minimum absolute atomic E-state index is 0.197. The second kappa shape index (κ2) is 6.46. The third-order valence-corrected chi connectivity index (χ3v) is 4.06. The van der Waals surface area contributed by atoms with Crippen molar-refractivity contribution in [3.05, 3.63) is 24.3 Å². The molecule has 2 saturated heterocycles. The molecular weight excluding hydrogens is 252 g/mol. The van der Waals surface area contributed by atoms with E-state index in [2.05, 4.69) is 23.1 Å². The van der Waals surface area contributed by atoms with Gasteiger partial charge in [-0.05, 0) is 37.8 Å². The number of nitrogens with two attached hydrogens (primary N) is 1. The van der Waals surface area contributed by atoms with Crippen molar-refractivity contribution in [2.75, 3.05) is 31.2 Å². The summed E-state index contributed by atoms with van der Waals surface area (Å²) < 4.78 is 11.5. The van der Waals surface area contributed by atoms with Gasteiger partial charge in [0.2, 0.25) is 0 Å². The molecule has 20 heavy (non-hydrogen) atoms. The molecule has 2 atom stereocenters. The van der Waals surface area contributed by atoms with Gasteiger partial charge in [-0.3, -0.25) is 0 Å². The SMILES string of the molecule is NC1CCCN(c2cccc(OC3CCCOC3)c2)C1. The molecule has 1 aromatic carbocycles. The fraction of sp³-hybridized carbons (Fsp3) is 0.625. The van der Waals surface area contributed by atoms with Crippen LogP contribution in [0.25, 0.3) is 0 Å². The van der Waals surface area contributed by atoms with Gasteiger partial charge < -0.3 is 20.1 Å². The Bertz CT molecular complexity index is 432. The maximum atomic E-state index is 6.06. The molecule has 2 aliphatic rings. The molecule has 0 radical (unpaired) electrons. The Morgan fingerprint density at radius 3 is 3.00 bits per heavy atom. The van der Waals surface area contributed by atoms with Gasteiger partial charge in [0.1, 0.15) is 11.9 Å². The van der Waals surface area contributed by atoms with E-state index in [4.69, 9.17) is 15.2 Å². The van der Waals surface area contributed by atoms with Gasteiger partial charge in [-0.2, -0.15) is 0 Å². The number of hydrogen-bond acceptors (Lipinski definition) is 4. The average Bonchev–Trinajstić information content (AvgIpc) is 2.49. The molecule has 0 spiro atoms. The molecule has 4 nitrogen and oxygen atoms in total. The van der Waals surface area contributed by atoms with Crippen molar-refractivity contribution in [3.63, 3.8) is 0 Å². The highest BCUT2D eigenvalue weighted by Gasteiger charge is 2.18. The van der Waals surface area contributed by atoms with E-state index < -0.39 is 0 Å². The van der Waals surface area contributed by atoms with Crippen molar-refractivity contribution in [2.24, 2.45) is 5.73 Å². The molecule has 2 fully saturated rings. The second-order valence-corrected chi connectivity index (χ2v) is 5.80. The summed E-state index contributed by atoms with van der Waals surface area (Å²) >= 11 is 0. The minimum Gasteiger partial charge on any atom is -0.488 e. The van der Waals surface area contributed by atoms with Crippen molar-refractivity contribution in [2.45, 2.75) is 37.8 Å². The summed E-state index contributed by atoms with van der Waals surface area (Å²) in [5, 5.41) is 0. The molecule has 0 saturated carbocycles. The molecule has 0 aromatic heterocycles. The normalized spacial score (nSPS) is 27.4. The number of benzene rings is 1. The average molecular weight is 276 g/mol. The Labute approximate surface area is 120 Å². The molecule has 2 aliphatic heterocycles. The molecule has 0 aliphatic carbocycles. The number of hydrogen-bond donors (Lipinski definition) is 1. The summed E-state index contributed by atoms with van der Waals surface area (Å²) in [6, 6.07) is 8.66. The molecule has 110 valence electrons. The van der Waals surface area contributed by atoms with Crippen molar-refractivity contribution >= 4 is 5.69 Å². The summed E-state index contributed by atoms with van der Waals surface area (Å²) in [6.45, 7) is 3.60. The summed E-state index contributed by atoms with van der Waals surface area (Å²) in [5.74, 6) is 0.942. The van der Waals surface area contributed by atoms with Gasteiger partial charge in [-0.1, -0.05) is 6.07 Å². The number of anilines is 1. The van der Waals surface area contributed by atoms with Gasteiger partial charge in [0.05, 0.1) is 6.61 Å². The van der Waals surface area contributed by atoms with E-state index in [9.17, 15) is 0 Å². The van der Waals surface area contributed by atoms with Gasteiger partial charge in [0.15, 0.2) is 0 Å². The highest BCUT2D eigenvalue weighted by atomic mass is 16.5. The first-order chi connectivity index (χ1) is 9.81. The smallest absolute Gasteiger partial charge is 0.122 e. The molecule has 3 rings (SSSR count). The van der Waals surface area contributed by atoms with Gasteiger partial charge in [-0.25, -0.2) is 0 Å². The van der Waals surface area contributed by atoms with Crippen LogP contribution in [-0.4, -0.2) is 38.4 Å². The van der Waals surface area contributed by atoms with Gasteiger partial charge in [-0.15, -0.1) is 0 Å². The molecule has 0 amide bonds. The molecule has 1 aromatic rings. The van der Waals surface area contributed by atoms with Crippen molar-refractivity contribution in [3.8, 4) is 5.75 Å². The monoisotopic (exact) mass is 276 g/mol. The van der Waals surface area contributed by atoms with Crippen LogP contribution in [0.4, 0.5) is 5.69 Å². The topological polar surface area (TPSA) is 47.7 Å². The number of rotatable bonds is 3. The predicted molar refractivity (Wildman–Crippen MR) is 80.3 cm³/mol. The maximum Gasteiger partial charge on any atom is 0.122 e. The van der Waals surface area contributed by atoms with Gasteiger partial charge in [0, 0.05) is 37.5 Å². The van der Waals surface area contributed by atoms with Gasteiger partial charge >= 0.3 is 0 Å². The van der Waals surface area contributed by atoms with Crippen LogP contribution in [-0.2, 0) is 4.74 Å². The summed E-state index contributed by atoms with van der Waals surface area (Å²) in [7, 11) is 0. The highest BCUT2D eigenvalue weighted by molar-refractivity contribution is 5.51. The van der Waals surface area contributed by atoms with Crippen LogP contribution in [0, 0.1) is 0 Å². The Morgan fingerprint density at radius 2 is 2.20 bits per heavy atom. The molecule has 0 bridgehead atoms. The molecule has 2 heterocycles. The van der Waals surface area contributed by atoms with E-state index in [0.29, 0.717) is 12.6 Å². The van der Waals surface area contributed by atoms with E-state index in [0.717, 1.165) is 44.7 Å². The standard InChI is InChI=1S/C16H24N2O2/c17-13-4-2-8-18(11-13)14-5-1-6-15(10-14)20-16-7-3-9-19-12-16/h1,5-6,10,13,16H,2-4,7-9,11-12,17H2. The first-order valence-corrected chi connectivity index (χ1v) is 7.66. The van der Waals surface area contributed by atoms with Crippen LogP contribution in [0.1, 0.15) is 25.7 Å². The zero-order valence-corrected chi connectivity index (χ0v) is 12.0. The third kappa shape index (κ3) is 3.44. The quantitative estimate of drug-likeness (QED) is 0.919. The largest absolute Gasteiger partial charge is 0.488 e. The van der Waals surface area contributed by atoms with Gasteiger partial charge in [0.25, 0.3) is 0 Å². The van der Waals surface area contributed by atoms with Crippen LogP contribution in [0.5, 0.6) is 5.75 Å². The van der Waals surface area contributed by atoms with Crippen LogP contribution in [0.2, 0.25) is 0 Å². The van der Waals surface area contributed by atoms with Crippen molar-refractivity contribution in [1.82, 2.24) is 0 Å². The van der Waals surface area contributed by atoms with E-state index in [1.807, 2.05) is 6.07 Å². The lowest BCUT2D eigenvalue weighted by Gasteiger charge is -2.33. The van der Waals surface area contributed by atoms with E-state index >= 15 is 0 Å². The van der Waals surface area contributed by atoms with Crippen LogP contribution >= 0.6 is 0 Å². The van der Waals surface area contributed by atoms with Crippen molar-refractivity contribution < 1.29 is 9.47 Å². The fourth-order valence-corrected chi connectivity index (χ4v) is 2.99. The lowest BCUT2D eigenvalue weighted by molar-refractivity contribution is 0.00744. The Kier molecular flexibility index (Phi) is 4.43. The number of ether oxygens (including phenoxy) is 2. The zero-order chi connectivity index (χ0) is 13.8. The highest BCUT2D eigenvalue weighted by Crippen LogP contribution is 2.25. The zero-order valence-electron chi connectivity index (χ0n) is 12.0. The van der Waals surface area contributed by atoms with E-state index in [1.54, 1.807) is 0 Å².